The molecule has 19 heavy (non-hydrogen) atoms. The number of benzene rings is 1. The number of carbonyl (C=O) groups is 1. The largest absolute Gasteiger partial charge is 0.312 e. The minimum absolute atomic E-state index is 0.0928. The van der Waals surface area contributed by atoms with Crippen LogP contribution in [0.2, 0.25) is 0 Å². The van der Waals surface area contributed by atoms with Gasteiger partial charge in [-0.05, 0) is 49.9 Å². The van der Waals surface area contributed by atoms with Gasteiger partial charge in [0.2, 0.25) is 5.91 Å². The molecule has 4 nitrogen and oxygen atoms in total. The van der Waals surface area contributed by atoms with Gasteiger partial charge >= 0.3 is 0 Å². The Balaban J connectivity index is 2.49. The number of carbonyl (C=O) groups excluding carboxylic acids is 1. The van der Waals surface area contributed by atoms with Gasteiger partial charge in [-0.1, -0.05) is 0 Å². The molecular formula is C13H16ClNO3S. The molecule has 0 radical (unpaired) electrons. The summed E-state index contributed by atoms with van der Waals surface area (Å²) in [4.78, 5) is 13.8. The predicted molar refractivity (Wildman–Crippen MR) is 75.2 cm³/mol. The van der Waals surface area contributed by atoms with E-state index in [1.165, 1.54) is 6.07 Å². The number of piperidine rings is 1. The van der Waals surface area contributed by atoms with Gasteiger partial charge in [-0.15, -0.1) is 0 Å². The maximum absolute atomic E-state index is 11.9. The molecule has 1 saturated heterocycles. The lowest BCUT2D eigenvalue weighted by Gasteiger charge is -2.28. The number of anilines is 1. The third-order valence-electron chi connectivity index (χ3n) is 3.37. The second-order valence-electron chi connectivity index (χ2n) is 4.84. The molecule has 1 aliphatic rings. The SMILES string of the molecule is Cc1cc(S(=O)(=O)Cl)c(C)cc1N1CCCCC1=O. The number of amides is 1. The van der Waals surface area contributed by atoms with Crippen LogP contribution in [0.5, 0.6) is 0 Å². The highest BCUT2D eigenvalue weighted by atomic mass is 35.7. The van der Waals surface area contributed by atoms with Gasteiger partial charge < -0.3 is 4.90 Å². The molecule has 1 aromatic carbocycles. The van der Waals surface area contributed by atoms with E-state index in [9.17, 15) is 13.2 Å². The van der Waals surface area contributed by atoms with Crippen molar-refractivity contribution >= 4 is 31.3 Å². The van der Waals surface area contributed by atoms with Crippen molar-refractivity contribution in [3.05, 3.63) is 23.3 Å². The van der Waals surface area contributed by atoms with Crippen molar-refractivity contribution in [2.45, 2.75) is 38.0 Å². The number of hydrogen-bond donors (Lipinski definition) is 0. The summed E-state index contributed by atoms with van der Waals surface area (Å²) in [7, 11) is 1.65. The van der Waals surface area contributed by atoms with Gasteiger partial charge in [0.15, 0.2) is 0 Å². The monoisotopic (exact) mass is 301 g/mol. The molecule has 0 N–H and O–H groups in total. The molecule has 0 atom stereocenters. The van der Waals surface area contributed by atoms with Gasteiger partial charge in [0, 0.05) is 29.3 Å². The van der Waals surface area contributed by atoms with Crippen LogP contribution >= 0.6 is 10.7 Å². The molecule has 1 aliphatic heterocycles. The quantitative estimate of drug-likeness (QED) is 0.789. The van der Waals surface area contributed by atoms with Gasteiger partial charge in [0.1, 0.15) is 0 Å². The molecule has 104 valence electrons. The van der Waals surface area contributed by atoms with Crippen molar-refractivity contribution in [1.82, 2.24) is 0 Å². The maximum Gasteiger partial charge on any atom is 0.261 e. The highest BCUT2D eigenvalue weighted by molar-refractivity contribution is 8.13. The molecular weight excluding hydrogens is 286 g/mol. The van der Waals surface area contributed by atoms with E-state index < -0.39 is 9.05 Å². The Morgan fingerprint density at radius 3 is 2.42 bits per heavy atom. The third-order valence-corrected chi connectivity index (χ3v) is 4.83. The first kappa shape index (κ1) is 14.3. The molecule has 0 saturated carbocycles. The minimum Gasteiger partial charge on any atom is -0.312 e. The van der Waals surface area contributed by atoms with Gasteiger partial charge in [-0.3, -0.25) is 4.79 Å². The summed E-state index contributed by atoms with van der Waals surface area (Å²) in [6, 6.07) is 3.27. The summed E-state index contributed by atoms with van der Waals surface area (Å²) >= 11 is 0. The predicted octanol–water partition coefficient (Wildman–Crippen LogP) is 2.75. The standard InChI is InChI=1S/C13H16ClNO3S/c1-9-8-12(19(14,17)18)10(2)7-11(9)15-6-4-3-5-13(15)16/h7-8H,3-6H2,1-2H3. The van der Waals surface area contributed by atoms with Crippen LogP contribution in [0.1, 0.15) is 30.4 Å². The molecule has 0 spiro atoms. The Morgan fingerprint density at radius 1 is 1.16 bits per heavy atom. The van der Waals surface area contributed by atoms with E-state index in [1.54, 1.807) is 24.8 Å². The first-order valence-electron chi connectivity index (χ1n) is 6.17. The first-order valence-corrected chi connectivity index (χ1v) is 8.48. The molecule has 1 aromatic rings. The Morgan fingerprint density at radius 2 is 1.84 bits per heavy atom. The number of hydrogen-bond acceptors (Lipinski definition) is 3. The Kier molecular flexibility index (Phi) is 3.87. The maximum atomic E-state index is 11.9. The summed E-state index contributed by atoms with van der Waals surface area (Å²) in [6.07, 6.45) is 2.44. The fourth-order valence-corrected chi connectivity index (χ4v) is 3.65. The van der Waals surface area contributed by atoms with Crippen molar-refractivity contribution in [2.75, 3.05) is 11.4 Å². The van der Waals surface area contributed by atoms with E-state index in [-0.39, 0.29) is 10.8 Å². The van der Waals surface area contributed by atoms with Crippen LogP contribution in [0.15, 0.2) is 17.0 Å². The van der Waals surface area contributed by atoms with Crippen LogP contribution < -0.4 is 4.90 Å². The van der Waals surface area contributed by atoms with Gasteiger partial charge in [0.05, 0.1) is 4.90 Å². The summed E-state index contributed by atoms with van der Waals surface area (Å²) in [5.74, 6) is 0.0928. The van der Waals surface area contributed by atoms with Crippen LogP contribution in [-0.4, -0.2) is 20.9 Å². The zero-order valence-corrected chi connectivity index (χ0v) is 12.5. The normalized spacial score (nSPS) is 16.8. The van der Waals surface area contributed by atoms with Gasteiger partial charge in [-0.25, -0.2) is 8.42 Å². The van der Waals surface area contributed by atoms with Crippen molar-refractivity contribution in [2.24, 2.45) is 0 Å². The number of rotatable bonds is 2. The molecule has 1 heterocycles. The fraction of sp³-hybridized carbons (Fsp3) is 0.462. The fourth-order valence-electron chi connectivity index (χ4n) is 2.39. The summed E-state index contributed by atoms with van der Waals surface area (Å²) in [5, 5.41) is 0. The minimum atomic E-state index is -3.75. The zero-order chi connectivity index (χ0) is 14.2. The summed E-state index contributed by atoms with van der Waals surface area (Å²) in [5.41, 5.74) is 2.10. The van der Waals surface area contributed by atoms with Crippen LogP contribution in [0, 0.1) is 13.8 Å². The van der Waals surface area contributed by atoms with Crippen LogP contribution in [0.25, 0.3) is 0 Å². The average Bonchev–Trinajstić information content (AvgIpc) is 2.31. The van der Waals surface area contributed by atoms with E-state index in [0.29, 0.717) is 18.5 Å². The van der Waals surface area contributed by atoms with E-state index in [1.807, 2.05) is 0 Å². The molecule has 0 bridgehead atoms. The number of nitrogens with zero attached hydrogens (tertiary/aromatic N) is 1. The Bertz CT molecular complexity index is 625. The average molecular weight is 302 g/mol. The molecule has 0 aromatic heterocycles. The molecule has 6 heteroatoms. The van der Waals surface area contributed by atoms with E-state index in [2.05, 4.69) is 0 Å². The molecule has 1 fully saturated rings. The van der Waals surface area contributed by atoms with E-state index >= 15 is 0 Å². The van der Waals surface area contributed by atoms with Crippen molar-refractivity contribution in [1.29, 1.82) is 0 Å². The lowest BCUT2D eigenvalue weighted by Crippen LogP contribution is -2.35. The smallest absolute Gasteiger partial charge is 0.261 e. The molecule has 0 aliphatic carbocycles. The molecule has 2 rings (SSSR count). The summed E-state index contributed by atoms with van der Waals surface area (Å²) < 4.78 is 22.9. The topological polar surface area (TPSA) is 54.5 Å². The first-order chi connectivity index (χ1) is 8.80. The Hall–Kier alpha value is -1.07. The lowest BCUT2D eigenvalue weighted by atomic mass is 10.1. The molecule has 0 unspecified atom stereocenters. The Labute approximate surface area is 117 Å². The van der Waals surface area contributed by atoms with Gasteiger partial charge in [0.25, 0.3) is 9.05 Å². The van der Waals surface area contributed by atoms with Crippen molar-refractivity contribution in [3.63, 3.8) is 0 Å². The van der Waals surface area contributed by atoms with E-state index in [4.69, 9.17) is 10.7 Å². The number of halogens is 1. The second-order valence-corrected chi connectivity index (χ2v) is 7.38. The van der Waals surface area contributed by atoms with Gasteiger partial charge in [-0.2, -0.15) is 0 Å². The lowest BCUT2D eigenvalue weighted by molar-refractivity contribution is -0.119. The van der Waals surface area contributed by atoms with E-state index in [0.717, 1.165) is 24.1 Å². The number of aryl methyl sites for hydroxylation is 2. The van der Waals surface area contributed by atoms with Crippen molar-refractivity contribution < 1.29 is 13.2 Å². The summed E-state index contributed by atoms with van der Waals surface area (Å²) in [6.45, 7) is 4.17. The third kappa shape index (κ3) is 2.92. The van der Waals surface area contributed by atoms with Crippen LogP contribution in [0.3, 0.4) is 0 Å². The zero-order valence-electron chi connectivity index (χ0n) is 10.9. The highest BCUT2D eigenvalue weighted by Crippen LogP contribution is 2.30. The highest BCUT2D eigenvalue weighted by Gasteiger charge is 2.23. The van der Waals surface area contributed by atoms with Crippen molar-refractivity contribution in [3.8, 4) is 0 Å². The van der Waals surface area contributed by atoms with Crippen LogP contribution in [0.4, 0.5) is 5.69 Å². The van der Waals surface area contributed by atoms with Crippen LogP contribution in [-0.2, 0) is 13.8 Å². The second kappa shape index (κ2) is 5.13. The molecule has 1 amide bonds.